The molecule has 0 aliphatic carbocycles. The van der Waals surface area contributed by atoms with E-state index in [0.717, 1.165) is 12.0 Å². The molecule has 2 rings (SSSR count). The molecule has 2 heterocycles. The minimum atomic E-state index is -0.220. The Balaban J connectivity index is 1.86. The Labute approximate surface area is 135 Å². The first-order valence-corrected chi connectivity index (χ1v) is 7.77. The van der Waals surface area contributed by atoms with Crippen LogP contribution in [0.1, 0.15) is 32.6 Å². The van der Waals surface area contributed by atoms with E-state index in [1.165, 1.54) is 0 Å². The fourth-order valence-corrected chi connectivity index (χ4v) is 2.13. The summed E-state index contributed by atoms with van der Waals surface area (Å²) in [7, 11) is 0. The van der Waals surface area contributed by atoms with E-state index in [1.54, 1.807) is 24.5 Å². The zero-order valence-electron chi connectivity index (χ0n) is 13.4. The van der Waals surface area contributed by atoms with Crippen LogP contribution in [-0.2, 0) is 11.2 Å². The third-order valence-electron chi connectivity index (χ3n) is 3.85. The van der Waals surface area contributed by atoms with Gasteiger partial charge in [0.25, 0.3) is 0 Å². The van der Waals surface area contributed by atoms with Crippen LogP contribution >= 0.6 is 0 Å². The van der Waals surface area contributed by atoms with Crippen LogP contribution in [0.5, 0.6) is 0 Å². The average Bonchev–Trinajstić information content (AvgIpc) is 3.07. The van der Waals surface area contributed by atoms with Gasteiger partial charge in [0.05, 0.1) is 12.6 Å². The Kier molecular flexibility index (Phi) is 6.22. The topological polar surface area (TPSA) is 101 Å². The van der Waals surface area contributed by atoms with Crippen LogP contribution < -0.4 is 5.32 Å². The van der Waals surface area contributed by atoms with Gasteiger partial charge in [0, 0.05) is 30.8 Å². The number of aliphatic hydroxyl groups is 1. The van der Waals surface area contributed by atoms with Gasteiger partial charge in [-0.25, -0.2) is 0 Å². The van der Waals surface area contributed by atoms with Crippen molar-refractivity contribution in [3.05, 3.63) is 30.4 Å². The fourth-order valence-electron chi connectivity index (χ4n) is 2.13. The van der Waals surface area contributed by atoms with Crippen LogP contribution in [-0.4, -0.2) is 38.8 Å². The van der Waals surface area contributed by atoms with E-state index < -0.39 is 0 Å². The summed E-state index contributed by atoms with van der Waals surface area (Å²) in [5.74, 6) is 0.991. The molecule has 0 fully saturated rings. The lowest BCUT2D eigenvalue weighted by atomic mass is 10.00. The van der Waals surface area contributed by atoms with Crippen molar-refractivity contribution in [2.75, 3.05) is 6.61 Å². The highest BCUT2D eigenvalue weighted by Crippen LogP contribution is 2.14. The van der Waals surface area contributed by atoms with Gasteiger partial charge in [-0.15, -0.1) is 0 Å². The minimum absolute atomic E-state index is 0.0620. The lowest BCUT2D eigenvalue weighted by molar-refractivity contribution is -0.122. The summed E-state index contributed by atoms with van der Waals surface area (Å²) in [6.07, 6.45) is 4.81. The third kappa shape index (κ3) is 4.85. The van der Waals surface area contributed by atoms with Crippen molar-refractivity contribution in [3.8, 4) is 11.4 Å². The van der Waals surface area contributed by atoms with Crippen molar-refractivity contribution >= 4 is 5.91 Å². The summed E-state index contributed by atoms with van der Waals surface area (Å²) in [6, 6.07) is 3.36. The molecular weight excluding hydrogens is 296 g/mol. The Hall–Kier alpha value is -2.28. The van der Waals surface area contributed by atoms with Crippen LogP contribution in [0.3, 0.4) is 0 Å². The zero-order valence-corrected chi connectivity index (χ0v) is 13.4. The maximum absolute atomic E-state index is 12.0. The van der Waals surface area contributed by atoms with Crippen molar-refractivity contribution in [3.63, 3.8) is 0 Å². The predicted molar refractivity (Wildman–Crippen MR) is 84.3 cm³/mol. The number of pyridine rings is 1. The molecule has 23 heavy (non-hydrogen) atoms. The van der Waals surface area contributed by atoms with E-state index in [2.05, 4.69) is 20.4 Å². The summed E-state index contributed by atoms with van der Waals surface area (Å²) >= 11 is 0. The average molecular weight is 318 g/mol. The first-order chi connectivity index (χ1) is 11.1. The maximum atomic E-state index is 12.0. The Morgan fingerprint density at radius 3 is 2.78 bits per heavy atom. The Morgan fingerprint density at radius 1 is 1.39 bits per heavy atom. The molecule has 7 nitrogen and oxygen atoms in total. The quantitative estimate of drug-likeness (QED) is 0.766. The fraction of sp³-hybridized carbons (Fsp3) is 0.500. The largest absolute Gasteiger partial charge is 0.394 e. The summed E-state index contributed by atoms with van der Waals surface area (Å²) in [5, 5.41) is 16.1. The summed E-state index contributed by atoms with van der Waals surface area (Å²) < 4.78 is 5.16. The van der Waals surface area contributed by atoms with Gasteiger partial charge in [0.1, 0.15) is 0 Å². The molecule has 1 amide bonds. The highest BCUT2D eigenvalue weighted by Gasteiger charge is 2.18. The van der Waals surface area contributed by atoms with Gasteiger partial charge in [-0.2, -0.15) is 4.98 Å². The maximum Gasteiger partial charge on any atom is 0.227 e. The number of aromatic nitrogens is 3. The van der Waals surface area contributed by atoms with Gasteiger partial charge < -0.3 is 14.9 Å². The second kappa shape index (κ2) is 8.38. The van der Waals surface area contributed by atoms with Crippen molar-refractivity contribution in [1.82, 2.24) is 20.4 Å². The summed E-state index contributed by atoms with van der Waals surface area (Å²) in [5.41, 5.74) is 0.816. The van der Waals surface area contributed by atoms with E-state index in [4.69, 9.17) is 4.52 Å². The number of carbonyl (C=O) groups excluding carboxylic acids is 1. The number of nitrogens with zero attached hydrogens (tertiary/aromatic N) is 3. The van der Waals surface area contributed by atoms with Gasteiger partial charge in [0.2, 0.25) is 17.6 Å². The molecule has 7 heteroatoms. The van der Waals surface area contributed by atoms with E-state index in [9.17, 15) is 9.90 Å². The second-order valence-corrected chi connectivity index (χ2v) is 5.49. The number of hydrogen-bond acceptors (Lipinski definition) is 6. The molecule has 0 bridgehead atoms. The Morgan fingerprint density at radius 2 is 2.13 bits per heavy atom. The van der Waals surface area contributed by atoms with Crippen LogP contribution in [0.4, 0.5) is 0 Å². The van der Waals surface area contributed by atoms with Gasteiger partial charge in [-0.3, -0.25) is 9.78 Å². The second-order valence-electron chi connectivity index (χ2n) is 5.49. The normalized spacial score (nSPS) is 13.5. The molecule has 0 unspecified atom stereocenters. The molecule has 0 aromatic carbocycles. The molecule has 0 radical (unpaired) electrons. The van der Waals surface area contributed by atoms with Crippen LogP contribution in [0.25, 0.3) is 11.4 Å². The number of hydrogen-bond donors (Lipinski definition) is 2. The van der Waals surface area contributed by atoms with E-state index in [1.807, 2.05) is 13.8 Å². The predicted octanol–water partition coefficient (Wildman–Crippen LogP) is 1.59. The number of carbonyl (C=O) groups is 1. The smallest absolute Gasteiger partial charge is 0.227 e. The Bertz CT molecular complexity index is 615. The monoisotopic (exact) mass is 318 g/mol. The first kappa shape index (κ1) is 17.1. The van der Waals surface area contributed by atoms with Gasteiger partial charge in [-0.1, -0.05) is 25.4 Å². The van der Waals surface area contributed by atoms with Gasteiger partial charge in [-0.05, 0) is 18.1 Å². The SMILES string of the molecule is CC[C@@H](C)[C@H](CO)NC(=O)CCc1nc(-c2ccncc2)no1. The number of rotatable bonds is 8. The molecule has 2 N–H and O–H groups in total. The minimum Gasteiger partial charge on any atom is -0.394 e. The van der Waals surface area contributed by atoms with Gasteiger partial charge >= 0.3 is 0 Å². The first-order valence-electron chi connectivity index (χ1n) is 7.77. The third-order valence-corrected chi connectivity index (χ3v) is 3.85. The molecule has 0 spiro atoms. The number of nitrogens with one attached hydrogen (secondary N) is 1. The molecular formula is C16H22N4O3. The van der Waals surface area contributed by atoms with Crippen LogP contribution in [0, 0.1) is 5.92 Å². The van der Waals surface area contributed by atoms with Gasteiger partial charge in [0.15, 0.2) is 0 Å². The molecule has 2 atom stereocenters. The number of amides is 1. The lowest BCUT2D eigenvalue weighted by Gasteiger charge is -2.21. The van der Waals surface area contributed by atoms with E-state index in [-0.39, 0.29) is 30.9 Å². The summed E-state index contributed by atoms with van der Waals surface area (Å²) in [6.45, 7) is 3.96. The number of aliphatic hydroxyl groups excluding tert-OH is 1. The molecule has 0 saturated heterocycles. The highest BCUT2D eigenvalue weighted by molar-refractivity contribution is 5.76. The highest BCUT2D eigenvalue weighted by atomic mass is 16.5. The van der Waals surface area contributed by atoms with Crippen molar-refractivity contribution in [1.29, 1.82) is 0 Å². The van der Waals surface area contributed by atoms with E-state index >= 15 is 0 Å². The van der Waals surface area contributed by atoms with Crippen LogP contribution in [0.2, 0.25) is 0 Å². The number of aryl methyl sites for hydroxylation is 1. The molecule has 2 aromatic rings. The van der Waals surface area contributed by atoms with Crippen molar-refractivity contribution in [2.24, 2.45) is 5.92 Å². The zero-order chi connectivity index (χ0) is 16.7. The standard InChI is InChI=1S/C16H22N4O3/c1-3-11(2)13(10-21)18-14(22)4-5-15-19-16(20-23-15)12-6-8-17-9-7-12/h6-9,11,13,21H,3-5,10H2,1-2H3,(H,18,22)/t11-,13+/m1/s1. The summed E-state index contributed by atoms with van der Waals surface area (Å²) in [4.78, 5) is 20.2. The van der Waals surface area contributed by atoms with E-state index in [0.29, 0.717) is 18.1 Å². The van der Waals surface area contributed by atoms with Crippen LogP contribution in [0.15, 0.2) is 29.0 Å². The lowest BCUT2D eigenvalue weighted by Crippen LogP contribution is -2.41. The molecule has 124 valence electrons. The molecule has 2 aromatic heterocycles. The molecule has 0 aliphatic rings. The van der Waals surface area contributed by atoms with Crippen molar-refractivity contribution in [2.45, 2.75) is 39.2 Å². The molecule has 0 aliphatic heterocycles. The molecule has 0 saturated carbocycles. The van der Waals surface area contributed by atoms with Crippen molar-refractivity contribution < 1.29 is 14.4 Å².